The molecular formula is C77H77BBr2ClN11O6. The third-order valence-corrected chi connectivity index (χ3v) is 20.2. The molecule has 98 heavy (non-hydrogen) atoms. The number of pyridine rings is 1. The molecule has 1 saturated heterocycles. The highest BCUT2D eigenvalue weighted by Gasteiger charge is 2.52. The number of nitrogens with zero attached hydrogens (tertiary/aromatic N) is 9. The molecule has 0 radical (unpaired) electrons. The maximum absolute atomic E-state index is 12.1. The number of aromatic nitrogens is 5. The molecule has 0 bridgehead atoms. The van der Waals surface area contributed by atoms with Gasteiger partial charge in [0.1, 0.15) is 0 Å². The Hall–Kier alpha value is -8.92. The van der Waals surface area contributed by atoms with E-state index in [-0.39, 0.29) is 48.0 Å². The number of anilines is 6. The number of amides is 4. The predicted molar refractivity (Wildman–Crippen MR) is 401 cm³/mol. The second-order valence-electron chi connectivity index (χ2n) is 26.1. The fourth-order valence-electron chi connectivity index (χ4n) is 13.1. The topological polar surface area (TPSA) is 188 Å². The van der Waals surface area contributed by atoms with E-state index in [9.17, 15) is 19.2 Å². The van der Waals surface area contributed by atoms with Crippen molar-refractivity contribution in [3.8, 4) is 22.3 Å². The number of nitrogens with one attached hydrogen (secondary N) is 2. The first kappa shape index (κ1) is 69.0. The molecule has 1 fully saturated rings. The van der Waals surface area contributed by atoms with Crippen molar-refractivity contribution in [2.45, 2.75) is 112 Å². The molecule has 0 saturated carbocycles. The van der Waals surface area contributed by atoms with E-state index in [1.54, 1.807) is 58.7 Å². The van der Waals surface area contributed by atoms with E-state index in [1.807, 2.05) is 108 Å². The third-order valence-electron chi connectivity index (χ3n) is 19.0. The summed E-state index contributed by atoms with van der Waals surface area (Å²) in [6.45, 7) is 20.9. The van der Waals surface area contributed by atoms with Gasteiger partial charge >= 0.3 is 7.12 Å². The van der Waals surface area contributed by atoms with Gasteiger partial charge in [0.2, 0.25) is 23.6 Å². The van der Waals surface area contributed by atoms with Crippen LogP contribution in [0.2, 0.25) is 5.02 Å². The highest BCUT2D eigenvalue weighted by atomic mass is 79.9. The normalized spacial score (nSPS) is 15.7. The molecule has 0 aliphatic carbocycles. The zero-order valence-electron chi connectivity index (χ0n) is 56.4. The van der Waals surface area contributed by atoms with Crippen LogP contribution < -0.4 is 35.7 Å². The molecule has 17 nitrogen and oxygen atoms in total. The van der Waals surface area contributed by atoms with E-state index in [0.717, 1.165) is 151 Å². The van der Waals surface area contributed by atoms with Crippen LogP contribution in [0.3, 0.4) is 0 Å². The summed E-state index contributed by atoms with van der Waals surface area (Å²) in [5, 5.41) is 7.50. The molecule has 16 rings (SSSR count). The number of rotatable bonds is 6. The second-order valence-corrected chi connectivity index (χ2v) is 28.3. The fourth-order valence-corrected chi connectivity index (χ4v) is 14.1. The van der Waals surface area contributed by atoms with Crippen LogP contribution in [0.1, 0.15) is 102 Å². The average molecular weight is 1460 g/mol. The first-order valence-electron chi connectivity index (χ1n) is 33.0. The lowest BCUT2D eigenvalue weighted by atomic mass is 9.78. The zero-order valence-corrected chi connectivity index (χ0v) is 60.4. The number of carbonyl (C=O) groups is 4. The van der Waals surface area contributed by atoms with Crippen molar-refractivity contribution in [2.75, 3.05) is 63.0 Å². The summed E-state index contributed by atoms with van der Waals surface area (Å²) in [5.74, 6) is 0.342. The average Bonchev–Trinajstić information content (AvgIpc) is 1.46. The summed E-state index contributed by atoms with van der Waals surface area (Å²) in [4.78, 5) is 76.3. The fraction of sp³-hybridized carbons (Fsp3) is 0.286. The zero-order chi connectivity index (χ0) is 69.2. The van der Waals surface area contributed by atoms with Crippen molar-refractivity contribution < 1.29 is 28.5 Å². The van der Waals surface area contributed by atoms with Gasteiger partial charge in [0.25, 0.3) is 0 Å². The van der Waals surface area contributed by atoms with Crippen LogP contribution in [0.15, 0.2) is 174 Å². The molecule has 9 heterocycles. The molecule has 500 valence electrons. The molecule has 7 aromatic carbocycles. The van der Waals surface area contributed by atoms with Crippen molar-refractivity contribution in [2.24, 2.45) is 0 Å². The largest absolute Gasteiger partial charge is 0.494 e. The molecule has 6 aliphatic heterocycles. The minimum atomic E-state index is -0.380. The van der Waals surface area contributed by atoms with Gasteiger partial charge in [0, 0.05) is 157 Å². The summed E-state index contributed by atoms with van der Waals surface area (Å²) in [6.07, 6.45) is 15.2. The summed E-state index contributed by atoms with van der Waals surface area (Å²) in [5.41, 5.74) is 21.1. The van der Waals surface area contributed by atoms with E-state index >= 15 is 0 Å². The van der Waals surface area contributed by atoms with Crippen LogP contribution in [0.25, 0.3) is 44.3 Å². The number of fused-ring (bicyclic) bond motifs is 7. The summed E-state index contributed by atoms with van der Waals surface area (Å²) >= 11 is 13.1. The summed E-state index contributed by atoms with van der Waals surface area (Å²) in [6, 6.07) is 43.1. The Kier molecular flexibility index (Phi) is 20.6. The molecular weight excluding hydrogens is 1380 g/mol. The van der Waals surface area contributed by atoms with E-state index in [1.165, 1.54) is 39.9 Å². The van der Waals surface area contributed by atoms with Gasteiger partial charge in [0.15, 0.2) is 0 Å². The van der Waals surface area contributed by atoms with Crippen LogP contribution in [0, 0.1) is 0 Å². The molecule has 21 heteroatoms. The Morgan fingerprint density at radius 3 is 1.51 bits per heavy atom. The lowest BCUT2D eigenvalue weighted by molar-refractivity contribution is -0.117. The van der Waals surface area contributed by atoms with Crippen molar-refractivity contribution in [3.63, 3.8) is 0 Å². The Morgan fingerprint density at radius 1 is 0.531 bits per heavy atom. The van der Waals surface area contributed by atoms with Gasteiger partial charge < -0.3 is 39.5 Å². The van der Waals surface area contributed by atoms with Crippen LogP contribution in [0.5, 0.6) is 0 Å². The smallest absolute Gasteiger partial charge is 0.399 e. The Morgan fingerprint density at radius 2 is 0.990 bits per heavy atom. The van der Waals surface area contributed by atoms with Crippen LogP contribution in [0.4, 0.5) is 34.1 Å². The van der Waals surface area contributed by atoms with E-state index < -0.39 is 0 Å². The minimum Gasteiger partial charge on any atom is -0.399 e. The highest BCUT2D eigenvalue weighted by Crippen LogP contribution is 2.41. The van der Waals surface area contributed by atoms with Gasteiger partial charge in [-0.05, 0) is 189 Å². The van der Waals surface area contributed by atoms with Crippen LogP contribution in [-0.4, -0.2) is 99.6 Å². The van der Waals surface area contributed by atoms with E-state index in [4.69, 9.17) is 20.9 Å². The van der Waals surface area contributed by atoms with Crippen molar-refractivity contribution >= 4 is 136 Å². The van der Waals surface area contributed by atoms with E-state index in [0.29, 0.717) is 5.02 Å². The maximum Gasteiger partial charge on any atom is 0.494 e. The number of hydrogen-bond acceptors (Lipinski definition) is 13. The summed E-state index contributed by atoms with van der Waals surface area (Å²) in [7, 11) is -0.380. The number of carbonyl (C=O) groups excluding carboxylic acids is 4. The predicted octanol–water partition coefficient (Wildman–Crippen LogP) is 15.3. The number of halogens is 3. The monoisotopic (exact) mass is 1460 g/mol. The number of hydrogen-bond donors (Lipinski definition) is 2. The number of benzene rings is 7. The van der Waals surface area contributed by atoms with Crippen LogP contribution >= 0.6 is 43.5 Å². The van der Waals surface area contributed by atoms with Crippen molar-refractivity contribution in [1.29, 1.82) is 0 Å². The molecule has 1 unspecified atom stereocenters. The first-order valence-corrected chi connectivity index (χ1v) is 34.9. The van der Waals surface area contributed by atoms with Gasteiger partial charge in [-0.1, -0.05) is 98.1 Å². The van der Waals surface area contributed by atoms with Crippen LogP contribution in [-0.2, 0) is 60.6 Å². The molecule has 6 aliphatic rings. The maximum atomic E-state index is 12.1. The minimum absolute atomic E-state index is 0.0663. The summed E-state index contributed by atoms with van der Waals surface area (Å²) < 4.78 is 14.3. The molecule has 2 N–H and O–H groups in total. The van der Waals surface area contributed by atoms with Gasteiger partial charge in [0.05, 0.1) is 39.3 Å². The Labute approximate surface area is 594 Å². The lowest BCUT2D eigenvalue weighted by Gasteiger charge is -2.32. The van der Waals surface area contributed by atoms with Gasteiger partial charge in [-0.15, -0.1) is 0 Å². The van der Waals surface area contributed by atoms with Crippen molar-refractivity contribution in [3.05, 3.63) is 212 Å². The molecule has 0 spiro atoms. The van der Waals surface area contributed by atoms with Gasteiger partial charge in [-0.2, -0.15) is 0 Å². The van der Waals surface area contributed by atoms with Crippen molar-refractivity contribution in [1.82, 2.24) is 24.9 Å². The Bertz CT molecular complexity index is 4700. The SMILES string of the molecule is Brc1ccc2c(c1)NCC2.CC(=O)N1CCc2ccc(-c3cc(Cl)cc4nccnc34)cc21.CC(=O)N1CCc2ccc(-c3cc(NC(C)c4cccnc4)cc4nccnc34)cc21.CC(=O)N1CCc2ccc(B3OC(C)(C)C(C)(C)O3)cc21.CC(=O)N1CCc2ccc(Br)cc21. The van der Waals surface area contributed by atoms with Gasteiger partial charge in [-0.3, -0.25) is 44.1 Å². The third kappa shape index (κ3) is 15.0. The molecule has 10 aromatic rings. The Balaban J connectivity index is 0.000000122. The van der Waals surface area contributed by atoms with Gasteiger partial charge in [-0.25, -0.2) is 0 Å². The lowest BCUT2D eigenvalue weighted by Crippen LogP contribution is -2.41. The highest BCUT2D eigenvalue weighted by molar-refractivity contribution is 9.10. The quantitative estimate of drug-likeness (QED) is 0.150. The molecule has 4 amide bonds. The standard InChI is InChI=1S/C25H23N5O.C18H14ClN3O.C16H22BNO3.C10H10BrNO.C8H8BrN/c1-16(20-4-3-8-26-15-20)29-21-13-22(25-23(14-21)27-9-10-28-25)19-6-5-18-7-11-30(17(2)31)24(18)12-19;1-11(23)22-7-4-12-2-3-13(8-17(12)22)15-9-14(19)10-16-18(15)21-6-5-20-16;1-11(19)18-9-8-12-6-7-13(10-14(12)18)17-20-15(2,3)16(4,5)21-17;1-7(13)12-5-4-8-2-3-9(11)6-10(8)12;9-7-2-1-6-3-4-10-8(6)5-7/h3-6,8-10,12-16,29H,7,11H2,1-2H3;2-3,5-6,8-10H,4,7H2,1H3;6-7,10H,8-9H2,1-5H3;2-3,6H,4-5H2,1H3;1-2,5,10H,3-4H2. The molecule has 3 aromatic heterocycles. The molecule has 1 atom stereocenters. The first-order chi connectivity index (χ1) is 47.0. The van der Waals surface area contributed by atoms with E-state index in [2.05, 4.69) is 147 Å². The second kappa shape index (κ2) is 29.3.